The summed E-state index contributed by atoms with van der Waals surface area (Å²) in [6, 6.07) is 12.5. The lowest BCUT2D eigenvalue weighted by Crippen LogP contribution is -2.14. The Morgan fingerprint density at radius 2 is 1.73 bits per heavy atom. The Morgan fingerprint density at radius 1 is 1.00 bits per heavy atom. The molecule has 0 aliphatic heterocycles. The van der Waals surface area contributed by atoms with Crippen molar-refractivity contribution in [1.29, 1.82) is 0 Å². The molecule has 3 rings (SSSR count). The van der Waals surface area contributed by atoms with Gasteiger partial charge in [-0.2, -0.15) is 5.10 Å². The molecule has 0 saturated heterocycles. The normalized spacial score (nSPS) is 11.5. The van der Waals surface area contributed by atoms with Crippen LogP contribution in [0.1, 0.15) is 0 Å². The summed E-state index contributed by atoms with van der Waals surface area (Å²) in [5.41, 5.74) is 1.15. The zero-order chi connectivity index (χ0) is 15.7. The van der Waals surface area contributed by atoms with Gasteiger partial charge in [0.25, 0.3) is 0 Å². The minimum absolute atomic E-state index is 0.148. The smallest absolute Gasteiger partial charge is 0.238 e. The van der Waals surface area contributed by atoms with Crippen LogP contribution in [0.25, 0.3) is 22.4 Å². The molecule has 0 bridgehead atoms. The van der Waals surface area contributed by atoms with Crippen LogP contribution in [0, 0.1) is 5.82 Å². The van der Waals surface area contributed by atoms with Crippen molar-refractivity contribution in [1.82, 2.24) is 10.2 Å². The lowest BCUT2D eigenvalue weighted by molar-refractivity contribution is 0.597. The first kappa shape index (κ1) is 14.4. The van der Waals surface area contributed by atoms with Gasteiger partial charge < -0.3 is 0 Å². The van der Waals surface area contributed by atoms with Crippen molar-refractivity contribution >= 4 is 10.0 Å². The van der Waals surface area contributed by atoms with E-state index in [-0.39, 0.29) is 16.0 Å². The highest BCUT2D eigenvalue weighted by Gasteiger charge is 2.23. The Balaban J connectivity index is 2.43. The summed E-state index contributed by atoms with van der Waals surface area (Å²) >= 11 is 0. The molecular formula is C15H12FN3O2S. The monoisotopic (exact) mass is 317 g/mol. The first-order valence-electron chi connectivity index (χ1n) is 6.39. The average molecular weight is 317 g/mol. The van der Waals surface area contributed by atoms with E-state index in [1.165, 1.54) is 6.20 Å². The number of halogens is 1. The molecule has 0 spiro atoms. The summed E-state index contributed by atoms with van der Waals surface area (Å²) in [4.78, 5) is -0.167. The number of nitrogens with one attached hydrogen (secondary N) is 1. The Kier molecular flexibility index (Phi) is 3.51. The number of aromatic amines is 1. The first-order valence-corrected chi connectivity index (χ1v) is 7.94. The van der Waals surface area contributed by atoms with E-state index >= 15 is 0 Å². The van der Waals surface area contributed by atoms with Crippen molar-refractivity contribution in [2.45, 2.75) is 4.90 Å². The molecule has 1 aromatic heterocycles. The van der Waals surface area contributed by atoms with Crippen LogP contribution in [0.5, 0.6) is 0 Å². The van der Waals surface area contributed by atoms with E-state index in [0.717, 1.165) is 12.1 Å². The molecule has 7 heteroatoms. The summed E-state index contributed by atoms with van der Waals surface area (Å²) < 4.78 is 38.1. The number of primary sulfonamides is 1. The van der Waals surface area contributed by atoms with Crippen LogP contribution in [0.4, 0.5) is 4.39 Å². The lowest BCUT2D eigenvalue weighted by Gasteiger charge is -2.13. The second-order valence-electron chi connectivity index (χ2n) is 4.67. The van der Waals surface area contributed by atoms with Crippen molar-refractivity contribution in [3.05, 3.63) is 60.5 Å². The average Bonchev–Trinajstić information content (AvgIpc) is 3.00. The summed E-state index contributed by atoms with van der Waals surface area (Å²) in [5, 5.41) is 11.8. The van der Waals surface area contributed by atoms with Gasteiger partial charge in [0, 0.05) is 17.3 Å². The molecular weight excluding hydrogens is 305 g/mol. The predicted molar refractivity (Wildman–Crippen MR) is 80.8 cm³/mol. The number of nitrogens with two attached hydrogens (primary N) is 1. The highest BCUT2D eigenvalue weighted by Crippen LogP contribution is 2.37. The molecule has 2 aromatic carbocycles. The largest absolute Gasteiger partial charge is 0.285 e. The molecule has 22 heavy (non-hydrogen) atoms. The van der Waals surface area contributed by atoms with Crippen molar-refractivity contribution in [2.24, 2.45) is 5.14 Å². The molecule has 3 N–H and O–H groups in total. The third kappa shape index (κ3) is 2.51. The number of hydrogen-bond acceptors (Lipinski definition) is 3. The number of sulfonamides is 1. The minimum atomic E-state index is -4.03. The van der Waals surface area contributed by atoms with Crippen LogP contribution in [0.3, 0.4) is 0 Å². The molecule has 0 radical (unpaired) electrons. The van der Waals surface area contributed by atoms with Crippen LogP contribution in [0.2, 0.25) is 0 Å². The van der Waals surface area contributed by atoms with Gasteiger partial charge in [-0.25, -0.2) is 17.9 Å². The fourth-order valence-electron chi connectivity index (χ4n) is 2.34. The van der Waals surface area contributed by atoms with Crippen LogP contribution in [-0.2, 0) is 10.0 Å². The van der Waals surface area contributed by atoms with Crippen molar-refractivity contribution in [3.63, 3.8) is 0 Å². The standard InChI is InChI=1S/C15H12FN3O2S/c16-11-6-7-13(22(17,20)21)15(12-8-9-18-19-12)14(11)10-4-2-1-3-5-10/h1-9H,(H,18,19)(H2,17,20,21). The summed E-state index contributed by atoms with van der Waals surface area (Å²) in [6.07, 6.45) is 1.53. The Bertz CT molecular complexity index is 907. The van der Waals surface area contributed by atoms with E-state index in [1.807, 2.05) is 0 Å². The zero-order valence-electron chi connectivity index (χ0n) is 11.3. The van der Waals surface area contributed by atoms with Gasteiger partial charge in [0.15, 0.2) is 0 Å². The SMILES string of the molecule is NS(=O)(=O)c1ccc(F)c(-c2ccccc2)c1-c1cc[nH]n1. The molecule has 0 atom stereocenters. The van der Waals surface area contributed by atoms with Crippen molar-refractivity contribution in [3.8, 4) is 22.4 Å². The molecule has 3 aromatic rings. The molecule has 1 heterocycles. The van der Waals surface area contributed by atoms with Crippen LogP contribution in [-0.4, -0.2) is 18.6 Å². The van der Waals surface area contributed by atoms with E-state index < -0.39 is 15.8 Å². The van der Waals surface area contributed by atoms with Gasteiger partial charge in [0.1, 0.15) is 5.82 Å². The van der Waals surface area contributed by atoms with Gasteiger partial charge in [-0.3, -0.25) is 5.10 Å². The van der Waals surface area contributed by atoms with Crippen LogP contribution in [0.15, 0.2) is 59.6 Å². The molecule has 112 valence electrons. The van der Waals surface area contributed by atoms with Crippen molar-refractivity contribution in [2.75, 3.05) is 0 Å². The molecule has 0 aliphatic rings. The summed E-state index contributed by atoms with van der Waals surface area (Å²) in [7, 11) is -4.03. The van der Waals surface area contributed by atoms with Crippen molar-refractivity contribution < 1.29 is 12.8 Å². The van der Waals surface area contributed by atoms with Crippen LogP contribution < -0.4 is 5.14 Å². The molecule has 5 nitrogen and oxygen atoms in total. The summed E-state index contributed by atoms with van der Waals surface area (Å²) in [6.45, 7) is 0. The highest BCUT2D eigenvalue weighted by atomic mass is 32.2. The van der Waals surface area contributed by atoms with Crippen LogP contribution >= 0.6 is 0 Å². The Hall–Kier alpha value is -2.51. The van der Waals surface area contributed by atoms with E-state index in [0.29, 0.717) is 11.3 Å². The number of nitrogens with zero attached hydrogens (tertiary/aromatic N) is 1. The molecule has 0 unspecified atom stereocenters. The lowest BCUT2D eigenvalue weighted by atomic mass is 9.97. The van der Waals surface area contributed by atoms with Gasteiger partial charge in [0.2, 0.25) is 10.0 Å². The van der Waals surface area contributed by atoms with E-state index in [4.69, 9.17) is 5.14 Å². The number of H-pyrrole nitrogens is 1. The van der Waals surface area contributed by atoms with E-state index in [9.17, 15) is 12.8 Å². The second-order valence-corrected chi connectivity index (χ2v) is 6.20. The third-order valence-electron chi connectivity index (χ3n) is 3.24. The second kappa shape index (κ2) is 5.36. The van der Waals surface area contributed by atoms with Gasteiger partial charge in [-0.15, -0.1) is 0 Å². The Morgan fingerprint density at radius 3 is 2.32 bits per heavy atom. The number of benzene rings is 2. The van der Waals surface area contributed by atoms with Gasteiger partial charge in [-0.05, 0) is 23.8 Å². The molecule has 0 aliphatic carbocycles. The third-order valence-corrected chi connectivity index (χ3v) is 4.20. The maximum Gasteiger partial charge on any atom is 0.238 e. The highest BCUT2D eigenvalue weighted by molar-refractivity contribution is 7.89. The molecule has 0 fully saturated rings. The Labute approximate surface area is 126 Å². The predicted octanol–water partition coefficient (Wildman–Crippen LogP) is 2.53. The zero-order valence-corrected chi connectivity index (χ0v) is 12.1. The minimum Gasteiger partial charge on any atom is -0.285 e. The summed E-state index contributed by atoms with van der Waals surface area (Å²) in [5.74, 6) is -0.545. The van der Waals surface area contributed by atoms with E-state index in [1.54, 1.807) is 36.4 Å². The van der Waals surface area contributed by atoms with Gasteiger partial charge in [-0.1, -0.05) is 30.3 Å². The maximum atomic E-state index is 14.4. The number of rotatable bonds is 3. The quantitative estimate of drug-likeness (QED) is 0.778. The fourth-order valence-corrected chi connectivity index (χ4v) is 3.08. The number of hydrogen-bond donors (Lipinski definition) is 2. The maximum absolute atomic E-state index is 14.4. The molecule has 0 amide bonds. The first-order chi connectivity index (χ1) is 10.5. The molecule has 0 saturated carbocycles. The topological polar surface area (TPSA) is 88.8 Å². The fraction of sp³-hybridized carbons (Fsp3) is 0. The van der Waals surface area contributed by atoms with E-state index in [2.05, 4.69) is 10.2 Å². The van der Waals surface area contributed by atoms with Gasteiger partial charge in [0.05, 0.1) is 10.6 Å². The van der Waals surface area contributed by atoms with Gasteiger partial charge >= 0.3 is 0 Å². The number of aromatic nitrogens is 2.